The van der Waals surface area contributed by atoms with E-state index >= 15 is 0 Å². The van der Waals surface area contributed by atoms with Crippen LogP contribution >= 0.6 is 12.4 Å². The lowest BCUT2D eigenvalue weighted by molar-refractivity contribution is 0.0695. The molecule has 0 bridgehead atoms. The van der Waals surface area contributed by atoms with Crippen molar-refractivity contribution in [3.8, 4) is 0 Å². The van der Waals surface area contributed by atoms with Crippen LogP contribution in [0.5, 0.6) is 0 Å². The van der Waals surface area contributed by atoms with Gasteiger partial charge in [0.1, 0.15) is 11.2 Å². The van der Waals surface area contributed by atoms with Gasteiger partial charge in [-0.2, -0.15) is 0 Å². The number of aromatic carboxylic acids is 1. The van der Waals surface area contributed by atoms with Gasteiger partial charge in [-0.25, -0.2) is 14.2 Å². The summed E-state index contributed by atoms with van der Waals surface area (Å²) in [6, 6.07) is 1.23. The van der Waals surface area contributed by atoms with Crippen molar-refractivity contribution in [3.63, 3.8) is 0 Å². The molecule has 2 aromatic heterocycles. The number of anilines is 1. The summed E-state index contributed by atoms with van der Waals surface area (Å²) in [4.78, 5) is 30.2. The van der Waals surface area contributed by atoms with Crippen molar-refractivity contribution in [2.75, 3.05) is 18.0 Å². The lowest BCUT2D eigenvalue weighted by Crippen LogP contribution is -2.42. The van der Waals surface area contributed by atoms with E-state index in [1.54, 1.807) is 4.57 Å². The highest BCUT2D eigenvalue weighted by Gasteiger charge is 2.35. The Hall–Kier alpha value is -2.19. The van der Waals surface area contributed by atoms with Gasteiger partial charge < -0.3 is 20.3 Å². The number of carboxylic acids is 1. The number of rotatable bonds is 4. The van der Waals surface area contributed by atoms with Crippen molar-refractivity contribution < 1.29 is 14.3 Å². The van der Waals surface area contributed by atoms with Crippen LogP contribution in [0.3, 0.4) is 0 Å². The van der Waals surface area contributed by atoms with Crippen molar-refractivity contribution in [1.82, 2.24) is 9.55 Å². The summed E-state index contributed by atoms with van der Waals surface area (Å²) in [7, 11) is 0. The Kier molecular flexibility index (Phi) is 5.14. The van der Waals surface area contributed by atoms with Crippen molar-refractivity contribution in [2.45, 2.75) is 44.7 Å². The number of aromatic nitrogens is 2. The van der Waals surface area contributed by atoms with Crippen molar-refractivity contribution in [3.05, 3.63) is 33.9 Å². The number of nitrogens with two attached hydrogens (primary N) is 1. The Labute approximate surface area is 167 Å². The molecule has 0 amide bonds. The lowest BCUT2D eigenvalue weighted by Gasteiger charge is -2.27. The lowest BCUT2D eigenvalue weighted by atomic mass is 9.88. The van der Waals surface area contributed by atoms with E-state index in [4.69, 9.17) is 5.73 Å². The van der Waals surface area contributed by atoms with Gasteiger partial charge in [-0.1, -0.05) is 0 Å². The normalized spacial score (nSPS) is 19.7. The summed E-state index contributed by atoms with van der Waals surface area (Å²) in [5.41, 5.74) is 5.13. The first-order valence-corrected chi connectivity index (χ1v) is 9.19. The minimum Gasteiger partial charge on any atom is -0.477 e. The monoisotopic (exact) mass is 410 g/mol. The molecular formula is C19H24ClFN4O3. The molecule has 1 saturated heterocycles. The Morgan fingerprint density at radius 3 is 2.57 bits per heavy atom. The van der Waals surface area contributed by atoms with Crippen LogP contribution in [-0.2, 0) is 0 Å². The molecule has 0 unspecified atom stereocenters. The molecule has 2 aliphatic rings. The van der Waals surface area contributed by atoms with Crippen LogP contribution < -0.4 is 16.1 Å². The van der Waals surface area contributed by atoms with Crippen LogP contribution in [0.1, 0.15) is 49.5 Å². The molecule has 152 valence electrons. The minimum absolute atomic E-state index is 0. The van der Waals surface area contributed by atoms with Crippen LogP contribution in [0.4, 0.5) is 10.2 Å². The summed E-state index contributed by atoms with van der Waals surface area (Å²) in [6.45, 7) is 5.16. The number of hydrogen-bond acceptors (Lipinski definition) is 5. The van der Waals surface area contributed by atoms with Crippen molar-refractivity contribution in [2.24, 2.45) is 11.7 Å². The van der Waals surface area contributed by atoms with E-state index in [0.29, 0.717) is 18.7 Å². The molecule has 3 N–H and O–H groups in total. The van der Waals surface area contributed by atoms with Gasteiger partial charge in [-0.15, -0.1) is 12.4 Å². The van der Waals surface area contributed by atoms with Gasteiger partial charge in [-0.3, -0.25) is 4.79 Å². The zero-order valence-corrected chi connectivity index (χ0v) is 16.6. The molecule has 7 nitrogen and oxygen atoms in total. The van der Waals surface area contributed by atoms with Crippen LogP contribution in [-0.4, -0.2) is 39.3 Å². The number of pyridine rings is 2. The van der Waals surface area contributed by atoms with E-state index in [0.717, 1.165) is 25.3 Å². The Morgan fingerprint density at radius 2 is 2.04 bits per heavy atom. The first-order chi connectivity index (χ1) is 12.7. The Morgan fingerprint density at radius 1 is 1.36 bits per heavy atom. The Balaban J connectivity index is 0.00000225. The van der Waals surface area contributed by atoms with Gasteiger partial charge in [0.2, 0.25) is 5.43 Å². The maximum atomic E-state index is 14.8. The summed E-state index contributed by atoms with van der Waals surface area (Å²) >= 11 is 0. The fourth-order valence-corrected chi connectivity index (χ4v) is 3.80. The first-order valence-electron chi connectivity index (χ1n) is 9.19. The molecule has 1 saturated carbocycles. The molecule has 4 rings (SSSR count). The van der Waals surface area contributed by atoms with Crippen molar-refractivity contribution >= 4 is 35.2 Å². The van der Waals surface area contributed by atoms with E-state index in [-0.39, 0.29) is 46.7 Å². The predicted octanol–water partition coefficient (Wildman–Crippen LogP) is 2.55. The standard InChI is InChI=1S/C19H23FN4O3.ClH/c1-19(2,21)10-5-6-23(8-10)17-14(20)7-12-15(25)13(18(26)27)9-24(11-3-4-11)16(12)22-17;/h7,9-11H,3-6,8,21H2,1-2H3,(H,26,27);1H/t10-;/m1./s1. The summed E-state index contributed by atoms with van der Waals surface area (Å²) < 4.78 is 16.5. The van der Waals surface area contributed by atoms with E-state index in [2.05, 4.69) is 4.98 Å². The molecule has 2 aromatic rings. The SMILES string of the molecule is CC(C)(N)[C@@H]1CCN(c2nc3c(cc2F)c(=O)c(C(=O)O)cn3C2CC2)C1.Cl. The van der Waals surface area contributed by atoms with Gasteiger partial charge >= 0.3 is 5.97 Å². The molecule has 0 spiro atoms. The van der Waals surface area contributed by atoms with Crippen molar-refractivity contribution in [1.29, 1.82) is 0 Å². The topological polar surface area (TPSA) is 101 Å². The van der Waals surface area contributed by atoms with E-state index < -0.39 is 17.2 Å². The Bertz CT molecular complexity index is 997. The summed E-state index contributed by atoms with van der Waals surface area (Å²) in [5, 5.41) is 9.32. The maximum absolute atomic E-state index is 14.8. The molecule has 9 heteroatoms. The molecule has 1 atom stereocenters. The molecule has 0 aromatic carbocycles. The van der Waals surface area contributed by atoms with Gasteiger partial charge in [0.25, 0.3) is 0 Å². The number of hydrogen-bond donors (Lipinski definition) is 2. The number of fused-ring (bicyclic) bond motifs is 1. The molecule has 1 aliphatic carbocycles. The van der Waals surface area contributed by atoms with E-state index in [1.807, 2.05) is 18.7 Å². The van der Waals surface area contributed by atoms with Gasteiger partial charge in [0.15, 0.2) is 11.6 Å². The van der Waals surface area contributed by atoms with Crippen LogP contribution in [0.25, 0.3) is 11.0 Å². The van der Waals surface area contributed by atoms with Crippen LogP contribution in [0.15, 0.2) is 17.1 Å². The molecule has 1 aliphatic heterocycles. The number of halogens is 2. The van der Waals surface area contributed by atoms with Gasteiger partial charge in [0.05, 0.1) is 5.39 Å². The molecule has 3 heterocycles. The molecule has 28 heavy (non-hydrogen) atoms. The second-order valence-electron chi connectivity index (χ2n) is 8.23. The fourth-order valence-electron chi connectivity index (χ4n) is 3.80. The second kappa shape index (κ2) is 7.00. The molecular weight excluding hydrogens is 387 g/mol. The minimum atomic E-state index is -1.31. The smallest absolute Gasteiger partial charge is 0.341 e. The average Bonchev–Trinajstić information content (AvgIpc) is 3.29. The largest absolute Gasteiger partial charge is 0.477 e. The highest BCUT2D eigenvalue weighted by Crippen LogP contribution is 2.37. The van der Waals surface area contributed by atoms with Crippen LogP contribution in [0.2, 0.25) is 0 Å². The van der Waals surface area contributed by atoms with E-state index in [9.17, 15) is 19.1 Å². The third-order valence-electron chi connectivity index (χ3n) is 5.65. The number of nitrogens with zero attached hydrogens (tertiary/aromatic N) is 3. The highest BCUT2D eigenvalue weighted by atomic mass is 35.5. The third kappa shape index (κ3) is 3.46. The zero-order valence-electron chi connectivity index (χ0n) is 15.8. The third-order valence-corrected chi connectivity index (χ3v) is 5.65. The first kappa shape index (κ1) is 20.5. The second-order valence-corrected chi connectivity index (χ2v) is 8.23. The highest BCUT2D eigenvalue weighted by molar-refractivity contribution is 5.92. The van der Waals surface area contributed by atoms with Crippen LogP contribution in [0, 0.1) is 11.7 Å². The van der Waals surface area contributed by atoms with Gasteiger partial charge in [-0.05, 0) is 45.1 Å². The zero-order chi connectivity index (χ0) is 19.5. The average molecular weight is 411 g/mol. The quantitative estimate of drug-likeness (QED) is 0.803. The van der Waals surface area contributed by atoms with Gasteiger partial charge in [0, 0.05) is 30.9 Å². The number of carbonyl (C=O) groups is 1. The maximum Gasteiger partial charge on any atom is 0.341 e. The molecule has 2 fully saturated rings. The predicted molar refractivity (Wildman–Crippen MR) is 107 cm³/mol. The summed E-state index contributed by atoms with van der Waals surface area (Å²) in [5.74, 6) is -1.51. The summed E-state index contributed by atoms with van der Waals surface area (Å²) in [6.07, 6.45) is 3.96. The fraction of sp³-hybridized carbons (Fsp3) is 0.526. The molecule has 0 radical (unpaired) electrons. The number of carboxylic acid groups (broad SMARTS) is 1. The van der Waals surface area contributed by atoms with E-state index in [1.165, 1.54) is 6.20 Å².